The number of amides is 2. The monoisotopic (exact) mass is 434 g/mol. The second-order valence-corrected chi connectivity index (χ2v) is 7.31. The van der Waals surface area contributed by atoms with Crippen LogP contribution >= 0.6 is 0 Å². The van der Waals surface area contributed by atoms with E-state index in [0.29, 0.717) is 11.6 Å². The van der Waals surface area contributed by atoms with Gasteiger partial charge in [0.2, 0.25) is 0 Å². The normalized spacial score (nSPS) is 14.3. The Kier molecular flexibility index (Phi) is 6.94. The summed E-state index contributed by atoms with van der Waals surface area (Å²) in [7, 11) is 0. The Bertz CT molecular complexity index is 1000. The van der Waals surface area contributed by atoms with Crippen LogP contribution in [-0.4, -0.2) is 42.4 Å². The van der Waals surface area contributed by atoms with E-state index in [1.807, 2.05) is 0 Å². The number of piperidine rings is 1. The number of anilines is 1. The van der Waals surface area contributed by atoms with Gasteiger partial charge in [-0.25, -0.2) is 13.2 Å². The highest BCUT2D eigenvalue weighted by atomic mass is 19.1. The number of esters is 1. The fourth-order valence-corrected chi connectivity index (χ4v) is 3.27. The molecule has 0 unspecified atom stereocenters. The molecule has 2 aromatic rings. The Hall–Kier alpha value is -3.36. The van der Waals surface area contributed by atoms with Gasteiger partial charge in [0.1, 0.15) is 17.5 Å². The number of hydrogen-bond acceptors (Lipinski definition) is 4. The molecule has 6 nitrogen and oxygen atoms in total. The third-order valence-corrected chi connectivity index (χ3v) is 5.08. The molecule has 0 aromatic heterocycles. The first kappa shape index (κ1) is 22.3. The number of aryl methyl sites for hydroxylation is 1. The van der Waals surface area contributed by atoms with E-state index in [1.54, 1.807) is 6.92 Å². The molecule has 3 rings (SSSR count). The highest BCUT2D eigenvalue weighted by Crippen LogP contribution is 2.22. The van der Waals surface area contributed by atoms with Crippen LogP contribution in [0.1, 0.15) is 28.8 Å². The minimum Gasteiger partial charge on any atom is -0.455 e. The lowest BCUT2D eigenvalue weighted by atomic mass is 9.96. The summed E-state index contributed by atoms with van der Waals surface area (Å²) in [6, 6.07) is 6.97. The third-order valence-electron chi connectivity index (χ3n) is 5.08. The Morgan fingerprint density at radius 1 is 1.03 bits per heavy atom. The maximum Gasteiger partial charge on any atom is 0.309 e. The average molecular weight is 434 g/mol. The molecule has 2 amide bonds. The molecule has 0 atom stereocenters. The van der Waals surface area contributed by atoms with Gasteiger partial charge in [0.25, 0.3) is 11.8 Å². The summed E-state index contributed by atoms with van der Waals surface area (Å²) in [5, 5.41) is 2.45. The van der Waals surface area contributed by atoms with Crippen molar-refractivity contribution in [1.29, 1.82) is 0 Å². The summed E-state index contributed by atoms with van der Waals surface area (Å²) in [6.07, 6.45) is 0.580. The second-order valence-electron chi connectivity index (χ2n) is 7.31. The fourth-order valence-electron chi connectivity index (χ4n) is 3.27. The molecule has 31 heavy (non-hydrogen) atoms. The predicted octanol–water partition coefficient (Wildman–Crippen LogP) is 3.45. The largest absolute Gasteiger partial charge is 0.455 e. The SMILES string of the molecule is Cc1ccc(NC(=O)COC(=O)C2CCN(C(=O)c3ccc(F)cc3F)CC2)cc1F. The average Bonchev–Trinajstić information content (AvgIpc) is 2.74. The molecular formula is C22H21F3N2O4. The summed E-state index contributed by atoms with van der Waals surface area (Å²) in [4.78, 5) is 37.9. The summed E-state index contributed by atoms with van der Waals surface area (Å²) in [6.45, 7) is 1.47. The van der Waals surface area contributed by atoms with Crippen LogP contribution in [0.15, 0.2) is 36.4 Å². The molecule has 9 heteroatoms. The van der Waals surface area contributed by atoms with Gasteiger partial charge in [0.05, 0.1) is 11.5 Å². The van der Waals surface area contributed by atoms with Crippen LogP contribution in [0.5, 0.6) is 0 Å². The molecule has 0 spiro atoms. The molecule has 1 aliphatic heterocycles. The van der Waals surface area contributed by atoms with Gasteiger partial charge in [-0.1, -0.05) is 6.07 Å². The van der Waals surface area contributed by atoms with Crippen LogP contribution < -0.4 is 5.32 Å². The topological polar surface area (TPSA) is 75.7 Å². The first-order valence-corrected chi connectivity index (χ1v) is 9.71. The molecule has 0 saturated carbocycles. The minimum absolute atomic E-state index is 0.199. The molecular weight excluding hydrogens is 413 g/mol. The zero-order valence-corrected chi connectivity index (χ0v) is 16.8. The maximum atomic E-state index is 13.8. The first-order valence-electron chi connectivity index (χ1n) is 9.71. The van der Waals surface area contributed by atoms with E-state index in [4.69, 9.17) is 4.74 Å². The van der Waals surface area contributed by atoms with Crippen LogP contribution in [0.2, 0.25) is 0 Å². The number of likely N-dealkylation sites (tertiary alicyclic amines) is 1. The summed E-state index contributed by atoms with van der Waals surface area (Å²) in [5.41, 5.74) is 0.465. The number of halogens is 3. The Labute approximate surface area is 177 Å². The van der Waals surface area contributed by atoms with Crippen molar-refractivity contribution in [2.24, 2.45) is 5.92 Å². The van der Waals surface area contributed by atoms with Crippen molar-refractivity contribution in [1.82, 2.24) is 4.90 Å². The van der Waals surface area contributed by atoms with Gasteiger partial charge in [0.15, 0.2) is 6.61 Å². The van der Waals surface area contributed by atoms with Gasteiger partial charge in [-0.3, -0.25) is 14.4 Å². The predicted molar refractivity (Wildman–Crippen MR) is 106 cm³/mol. The molecule has 1 fully saturated rings. The van der Waals surface area contributed by atoms with E-state index in [-0.39, 0.29) is 37.2 Å². The first-order chi connectivity index (χ1) is 14.7. The summed E-state index contributed by atoms with van der Waals surface area (Å²) in [5.74, 6) is -4.43. The Morgan fingerprint density at radius 3 is 2.39 bits per heavy atom. The highest BCUT2D eigenvalue weighted by Gasteiger charge is 2.30. The number of carbonyl (C=O) groups is 3. The number of nitrogens with one attached hydrogen (secondary N) is 1. The van der Waals surface area contributed by atoms with E-state index >= 15 is 0 Å². The van der Waals surface area contributed by atoms with Crippen molar-refractivity contribution in [2.45, 2.75) is 19.8 Å². The quantitative estimate of drug-likeness (QED) is 0.732. The zero-order chi connectivity index (χ0) is 22.5. The van der Waals surface area contributed by atoms with Crippen LogP contribution in [0.25, 0.3) is 0 Å². The van der Waals surface area contributed by atoms with Gasteiger partial charge in [-0.2, -0.15) is 0 Å². The molecule has 164 valence electrons. The molecule has 1 N–H and O–H groups in total. The van der Waals surface area contributed by atoms with Crippen LogP contribution in [0.3, 0.4) is 0 Å². The Balaban J connectivity index is 1.46. The lowest BCUT2D eigenvalue weighted by Crippen LogP contribution is -2.41. The molecule has 0 aliphatic carbocycles. The van der Waals surface area contributed by atoms with Gasteiger partial charge in [0, 0.05) is 24.8 Å². The van der Waals surface area contributed by atoms with Crippen LogP contribution in [-0.2, 0) is 14.3 Å². The van der Waals surface area contributed by atoms with E-state index in [2.05, 4.69) is 5.32 Å². The van der Waals surface area contributed by atoms with E-state index in [0.717, 1.165) is 12.1 Å². The molecule has 0 radical (unpaired) electrons. The van der Waals surface area contributed by atoms with Crippen molar-refractivity contribution < 1.29 is 32.3 Å². The lowest BCUT2D eigenvalue weighted by Gasteiger charge is -2.31. The van der Waals surface area contributed by atoms with Gasteiger partial charge >= 0.3 is 5.97 Å². The number of nitrogens with zero attached hydrogens (tertiary/aromatic N) is 1. The van der Waals surface area contributed by atoms with Gasteiger partial charge < -0.3 is 15.0 Å². The molecule has 0 bridgehead atoms. The van der Waals surface area contributed by atoms with Crippen molar-refractivity contribution in [3.8, 4) is 0 Å². The third kappa shape index (κ3) is 5.62. The molecule has 1 saturated heterocycles. The number of benzene rings is 2. The molecule has 2 aromatic carbocycles. The minimum atomic E-state index is -0.939. The standard InChI is InChI=1S/C22H21F3N2O4/c1-13-2-4-16(11-18(13)24)26-20(28)12-31-22(30)14-6-8-27(9-7-14)21(29)17-5-3-15(23)10-19(17)25/h2-5,10-11,14H,6-9,12H2,1H3,(H,26,28). The van der Waals surface area contributed by atoms with E-state index in [1.165, 1.54) is 23.1 Å². The Morgan fingerprint density at radius 2 is 1.74 bits per heavy atom. The fraction of sp³-hybridized carbons (Fsp3) is 0.318. The second kappa shape index (κ2) is 9.63. The number of carbonyl (C=O) groups excluding carboxylic acids is 3. The van der Waals surface area contributed by atoms with E-state index in [9.17, 15) is 27.6 Å². The maximum absolute atomic E-state index is 13.8. The number of ether oxygens (including phenoxy) is 1. The summed E-state index contributed by atoms with van der Waals surface area (Å²) >= 11 is 0. The van der Waals surface area contributed by atoms with Gasteiger partial charge in [-0.15, -0.1) is 0 Å². The van der Waals surface area contributed by atoms with Crippen LogP contribution in [0.4, 0.5) is 18.9 Å². The van der Waals surface area contributed by atoms with Gasteiger partial charge in [-0.05, 0) is 49.6 Å². The van der Waals surface area contributed by atoms with Crippen LogP contribution in [0, 0.1) is 30.3 Å². The van der Waals surface area contributed by atoms with Crippen molar-refractivity contribution >= 4 is 23.5 Å². The molecule has 1 aliphatic rings. The smallest absolute Gasteiger partial charge is 0.309 e. The van der Waals surface area contributed by atoms with Crippen molar-refractivity contribution in [2.75, 3.05) is 25.0 Å². The highest BCUT2D eigenvalue weighted by molar-refractivity contribution is 5.95. The van der Waals surface area contributed by atoms with Crippen molar-refractivity contribution in [3.05, 3.63) is 65.0 Å². The number of rotatable bonds is 5. The van der Waals surface area contributed by atoms with E-state index < -0.39 is 47.8 Å². The lowest BCUT2D eigenvalue weighted by molar-refractivity contribution is -0.152. The molecule has 1 heterocycles. The van der Waals surface area contributed by atoms with Crippen molar-refractivity contribution in [3.63, 3.8) is 0 Å². The zero-order valence-electron chi connectivity index (χ0n) is 16.8. The summed E-state index contributed by atoms with van der Waals surface area (Å²) < 4.78 is 45.4. The number of hydrogen-bond donors (Lipinski definition) is 1.